The van der Waals surface area contributed by atoms with Gasteiger partial charge in [0.2, 0.25) is 0 Å². The van der Waals surface area contributed by atoms with Crippen molar-refractivity contribution in [3.05, 3.63) is 96.1 Å². The van der Waals surface area contributed by atoms with Crippen molar-refractivity contribution in [2.24, 2.45) is 11.8 Å². The Morgan fingerprint density at radius 3 is 1.13 bits per heavy atom. The van der Waals surface area contributed by atoms with Crippen LogP contribution in [0, 0.1) is 11.8 Å². The number of carbonyl (C=O) groups excluding carboxylic acids is 2. The van der Waals surface area contributed by atoms with Gasteiger partial charge in [0.05, 0.1) is 13.2 Å². The number of rotatable bonds is 29. The quantitative estimate of drug-likeness (QED) is 0.0202. The third kappa shape index (κ3) is 14.0. The number of carbonyl (C=O) groups is 2. The second-order valence-corrected chi connectivity index (χ2v) is 19.5. The molecule has 0 saturated carbocycles. The lowest BCUT2D eigenvalue weighted by molar-refractivity contribution is 0.0811. The monoisotopic (exact) mass is 923 g/mol. The molecule has 0 amide bonds. The van der Waals surface area contributed by atoms with Crippen LogP contribution in [0.3, 0.4) is 0 Å². The molecule has 6 aromatic rings. The highest BCUT2D eigenvalue weighted by Crippen LogP contribution is 2.50. The summed E-state index contributed by atoms with van der Waals surface area (Å²) in [4.78, 5) is 27.6. The topological polar surface area (TPSA) is 71.1 Å². The van der Waals surface area contributed by atoms with Crippen molar-refractivity contribution < 1.29 is 28.5 Å². The van der Waals surface area contributed by atoms with Gasteiger partial charge in [-0.25, -0.2) is 9.59 Å². The molecule has 0 bridgehead atoms. The van der Waals surface area contributed by atoms with Gasteiger partial charge in [-0.3, -0.25) is 0 Å². The number of aryl methyl sites for hydroxylation is 2. The first-order valence-corrected chi connectivity index (χ1v) is 27.0. The fraction of sp³-hybridized carbons (Fsp3) is 0.516. The third-order valence-electron chi connectivity index (χ3n) is 14.3. The van der Waals surface area contributed by atoms with Gasteiger partial charge in [-0.1, -0.05) is 229 Å². The summed E-state index contributed by atoms with van der Waals surface area (Å²) in [5, 5.41) is 7.39. The Hall–Kier alpha value is -5.10. The highest BCUT2D eigenvalue weighted by molar-refractivity contribution is 6.27. The van der Waals surface area contributed by atoms with E-state index in [1.54, 1.807) is 0 Å². The van der Waals surface area contributed by atoms with Crippen LogP contribution < -0.4 is 9.47 Å². The Morgan fingerprint density at radius 1 is 0.397 bits per heavy atom. The van der Waals surface area contributed by atoms with Gasteiger partial charge in [-0.05, 0) is 94.2 Å². The Balaban J connectivity index is 1.55. The minimum atomic E-state index is -0.672. The van der Waals surface area contributed by atoms with Crippen molar-refractivity contribution in [3.8, 4) is 22.6 Å². The summed E-state index contributed by atoms with van der Waals surface area (Å²) in [5.41, 5.74) is 4.65. The Labute approximate surface area is 408 Å². The predicted octanol–water partition coefficient (Wildman–Crippen LogP) is 19.2. The standard InChI is InChI=1S/C62H82O6/c1-7-13-17-19-21-23-31-47-37-39-53-55(41-47)57(49-33-25-27-35-51(49)59(53)67-61(63)65-43-45(11-5)29-15-9-3)58-50-34-26-28-36-52(50)60(68-62(64)66-44-46(12-6)30-16-10-4)54-40-38-48(42-56(54)58)32-24-22-20-18-14-8-2/h25-28,33-42,45-46H,7-24,29-32,43-44H2,1-6H3. The summed E-state index contributed by atoms with van der Waals surface area (Å²) < 4.78 is 24.6. The van der Waals surface area contributed by atoms with E-state index in [0.717, 1.165) is 131 Å². The maximum absolute atomic E-state index is 13.8. The molecule has 2 atom stereocenters. The SMILES string of the molecule is CCCCCCCCc1ccc2c(OC(=O)OCC(CC)CCCC)c3ccccc3c(-c3c4ccccc4c(OC(=O)OCC(CC)CCCC)c4ccc(CCCCCCCC)cc34)c2c1. The summed E-state index contributed by atoms with van der Waals surface area (Å²) in [6.45, 7) is 13.9. The molecule has 0 aliphatic carbocycles. The zero-order chi connectivity index (χ0) is 48.1. The molecule has 0 aliphatic heterocycles. The van der Waals surface area contributed by atoms with Crippen molar-refractivity contribution in [1.29, 1.82) is 0 Å². The molecule has 366 valence electrons. The van der Waals surface area contributed by atoms with E-state index in [4.69, 9.17) is 18.9 Å². The van der Waals surface area contributed by atoms with E-state index in [1.165, 1.54) is 75.3 Å². The molecule has 0 radical (unpaired) electrons. The first-order valence-electron chi connectivity index (χ1n) is 27.0. The van der Waals surface area contributed by atoms with Gasteiger partial charge >= 0.3 is 12.3 Å². The Morgan fingerprint density at radius 2 is 0.750 bits per heavy atom. The van der Waals surface area contributed by atoms with Crippen molar-refractivity contribution in [3.63, 3.8) is 0 Å². The molecular formula is C62H82O6. The minimum absolute atomic E-state index is 0.295. The van der Waals surface area contributed by atoms with Crippen molar-refractivity contribution >= 4 is 55.4 Å². The normalized spacial score (nSPS) is 12.5. The van der Waals surface area contributed by atoms with Gasteiger partial charge < -0.3 is 18.9 Å². The summed E-state index contributed by atoms with van der Waals surface area (Å²) in [6.07, 6.45) is 23.6. The van der Waals surface area contributed by atoms with Crippen molar-refractivity contribution in [1.82, 2.24) is 0 Å². The first kappa shape index (κ1) is 52.3. The van der Waals surface area contributed by atoms with Crippen LogP contribution >= 0.6 is 0 Å². The van der Waals surface area contributed by atoms with E-state index in [1.807, 2.05) is 12.1 Å². The number of fused-ring (bicyclic) bond motifs is 4. The Kier molecular flexibility index (Phi) is 21.4. The van der Waals surface area contributed by atoms with E-state index in [9.17, 15) is 9.59 Å². The highest BCUT2D eigenvalue weighted by atomic mass is 16.7. The number of hydrogen-bond donors (Lipinski definition) is 0. The summed E-state index contributed by atoms with van der Waals surface area (Å²) in [7, 11) is 0. The molecule has 0 fully saturated rings. The van der Waals surface area contributed by atoms with E-state index in [0.29, 0.717) is 36.5 Å². The van der Waals surface area contributed by atoms with Crippen LogP contribution in [0.2, 0.25) is 0 Å². The minimum Gasteiger partial charge on any atom is -0.434 e. The maximum atomic E-state index is 13.8. The number of unbranched alkanes of at least 4 members (excludes halogenated alkanes) is 12. The van der Waals surface area contributed by atoms with E-state index in [-0.39, 0.29) is 0 Å². The average Bonchev–Trinajstić information content (AvgIpc) is 3.36. The molecule has 0 heterocycles. The molecular weight excluding hydrogens is 841 g/mol. The molecule has 0 aliphatic rings. The summed E-state index contributed by atoms with van der Waals surface area (Å²) >= 11 is 0. The molecule has 0 N–H and O–H groups in total. The van der Waals surface area contributed by atoms with Crippen molar-refractivity contribution in [2.75, 3.05) is 13.2 Å². The molecule has 0 aromatic heterocycles. The van der Waals surface area contributed by atoms with E-state index < -0.39 is 12.3 Å². The van der Waals surface area contributed by atoms with Gasteiger partial charge in [-0.2, -0.15) is 0 Å². The number of benzene rings is 6. The molecule has 6 aromatic carbocycles. The summed E-state index contributed by atoms with van der Waals surface area (Å²) in [5.74, 6) is 1.62. The van der Waals surface area contributed by atoms with Gasteiger partial charge in [0.15, 0.2) is 0 Å². The second-order valence-electron chi connectivity index (χ2n) is 19.5. The Bertz CT molecular complexity index is 2340. The summed E-state index contributed by atoms with van der Waals surface area (Å²) in [6, 6.07) is 30.0. The largest absolute Gasteiger partial charge is 0.513 e. The zero-order valence-corrected chi connectivity index (χ0v) is 42.7. The molecule has 68 heavy (non-hydrogen) atoms. The zero-order valence-electron chi connectivity index (χ0n) is 42.7. The fourth-order valence-corrected chi connectivity index (χ4v) is 10.1. The highest BCUT2D eigenvalue weighted by Gasteiger charge is 2.26. The molecule has 6 nitrogen and oxygen atoms in total. The van der Waals surface area contributed by atoms with Gasteiger partial charge in [0, 0.05) is 21.5 Å². The average molecular weight is 923 g/mol. The van der Waals surface area contributed by atoms with Gasteiger partial charge in [0.1, 0.15) is 11.5 Å². The van der Waals surface area contributed by atoms with Gasteiger partial charge in [-0.15, -0.1) is 0 Å². The smallest absolute Gasteiger partial charge is 0.434 e. The van der Waals surface area contributed by atoms with Crippen LogP contribution in [0.4, 0.5) is 9.59 Å². The molecule has 6 rings (SSSR count). The second kappa shape index (κ2) is 27.8. The molecule has 2 unspecified atom stereocenters. The maximum Gasteiger partial charge on any atom is 0.513 e. The lowest BCUT2D eigenvalue weighted by Crippen LogP contribution is -2.17. The van der Waals surface area contributed by atoms with Crippen LogP contribution in [0.1, 0.15) is 181 Å². The molecule has 0 saturated heterocycles. The lowest BCUT2D eigenvalue weighted by atomic mass is 9.84. The predicted molar refractivity (Wildman–Crippen MR) is 287 cm³/mol. The number of hydrogen-bond acceptors (Lipinski definition) is 6. The van der Waals surface area contributed by atoms with E-state index >= 15 is 0 Å². The third-order valence-corrected chi connectivity index (χ3v) is 14.3. The number of ether oxygens (including phenoxy) is 4. The van der Waals surface area contributed by atoms with Gasteiger partial charge in [0.25, 0.3) is 0 Å². The van der Waals surface area contributed by atoms with E-state index in [2.05, 4.69) is 114 Å². The van der Waals surface area contributed by atoms with Crippen LogP contribution in [-0.4, -0.2) is 25.5 Å². The fourth-order valence-electron chi connectivity index (χ4n) is 10.1. The van der Waals surface area contributed by atoms with Crippen LogP contribution in [0.25, 0.3) is 54.2 Å². The van der Waals surface area contributed by atoms with Crippen molar-refractivity contribution in [2.45, 2.75) is 183 Å². The lowest BCUT2D eigenvalue weighted by Gasteiger charge is -2.22. The molecule has 6 heteroatoms. The van der Waals surface area contributed by atoms with Crippen LogP contribution in [-0.2, 0) is 22.3 Å². The van der Waals surface area contributed by atoms with Crippen LogP contribution in [0.15, 0.2) is 84.9 Å². The molecule has 0 spiro atoms. The first-order chi connectivity index (χ1) is 33.3. The van der Waals surface area contributed by atoms with Crippen LogP contribution in [0.5, 0.6) is 11.5 Å².